The van der Waals surface area contributed by atoms with E-state index in [1.54, 1.807) is 0 Å². The van der Waals surface area contributed by atoms with E-state index >= 15 is 0 Å². The highest BCUT2D eigenvalue weighted by atomic mass is 16.5. The number of rotatable bonds is 5. The summed E-state index contributed by atoms with van der Waals surface area (Å²) >= 11 is 0. The maximum Gasteiger partial charge on any atom is 0.147 e. The third-order valence-electron chi connectivity index (χ3n) is 4.63. The number of nitrogens with zero attached hydrogens (tertiary/aromatic N) is 1. The van der Waals surface area contributed by atoms with Crippen molar-refractivity contribution in [3.05, 3.63) is 0 Å². The van der Waals surface area contributed by atoms with Gasteiger partial charge in [0.05, 0.1) is 19.6 Å². The van der Waals surface area contributed by atoms with Crippen LogP contribution in [0.25, 0.3) is 0 Å². The van der Waals surface area contributed by atoms with E-state index < -0.39 is 0 Å². The van der Waals surface area contributed by atoms with Crippen LogP contribution >= 0.6 is 0 Å². The third-order valence-corrected chi connectivity index (χ3v) is 4.63. The zero-order chi connectivity index (χ0) is 14.4. The average Bonchev–Trinajstić information content (AvgIpc) is 2.42. The molecule has 2 fully saturated rings. The largest absolute Gasteiger partial charge is 0.378 e. The topological polar surface area (TPSA) is 29.5 Å². The van der Waals surface area contributed by atoms with Gasteiger partial charge in [0, 0.05) is 24.4 Å². The number of carbonyl (C=O) groups excluding carboxylic acids is 1. The van der Waals surface area contributed by atoms with E-state index in [0.717, 1.165) is 38.9 Å². The normalized spacial score (nSPS) is 29.6. The lowest BCUT2D eigenvalue weighted by Gasteiger charge is -2.46. The Labute approximate surface area is 123 Å². The van der Waals surface area contributed by atoms with Crippen molar-refractivity contribution in [2.75, 3.05) is 20.3 Å². The second-order valence-electron chi connectivity index (χ2n) is 6.13. The fourth-order valence-electron chi connectivity index (χ4n) is 3.20. The van der Waals surface area contributed by atoms with Crippen LogP contribution in [0.4, 0.5) is 0 Å². The van der Waals surface area contributed by atoms with Crippen LogP contribution in [0.5, 0.6) is 0 Å². The Morgan fingerprint density at radius 1 is 1.20 bits per heavy atom. The van der Waals surface area contributed by atoms with Crippen LogP contribution in [-0.2, 0) is 9.53 Å². The van der Waals surface area contributed by atoms with Crippen LogP contribution in [0.15, 0.2) is 0 Å². The smallest absolute Gasteiger partial charge is 0.147 e. The minimum absolute atomic E-state index is 0.204. The number of Topliss-reactive ketones (excluding diaryl/α,β-unsaturated/α-hetero) is 1. The van der Waals surface area contributed by atoms with E-state index in [1.165, 1.54) is 12.8 Å². The van der Waals surface area contributed by atoms with E-state index in [9.17, 15) is 4.79 Å². The first-order valence-corrected chi connectivity index (χ1v) is 8.00. The van der Waals surface area contributed by atoms with Crippen molar-refractivity contribution in [3.8, 4) is 11.8 Å². The molecule has 0 aliphatic carbocycles. The Bertz CT molecular complexity index is 368. The zero-order valence-electron chi connectivity index (χ0n) is 12.9. The molecule has 3 heteroatoms. The van der Waals surface area contributed by atoms with E-state index in [1.807, 2.05) is 0 Å². The fourth-order valence-corrected chi connectivity index (χ4v) is 3.20. The lowest BCUT2D eigenvalue weighted by molar-refractivity contribution is -0.130. The van der Waals surface area contributed by atoms with Gasteiger partial charge in [0.1, 0.15) is 5.78 Å². The molecule has 0 saturated carbocycles. The molecule has 0 aromatic rings. The minimum atomic E-state index is 0.204. The SMILES string of the molecule is CCCCCC#CCC(=O)C1CC2COCC(C1)N2C. The van der Waals surface area contributed by atoms with Crippen molar-refractivity contribution in [2.24, 2.45) is 5.92 Å². The molecule has 3 nitrogen and oxygen atoms in total. The molecular weight excluding hydrogens is 250 g/mol. The van der Waals surface area contributed by atoms with Gasteiger partial charge in [0.2, 0.25) is 0 Å². The number of unbranched alkanes of at least 4 members (excludes halogenated alkanes) is 3. The Morgan fingerprint density at radius 2 is 1.90 bits per heavy atom. The summed E-state index contributed by atoms with van der Waals surface area (Å²) in [6.45, 7) is 3.75. The van der Waals surface area contributed by atoms with Crippen molar-refractivity contribution in [3.63, 3.8) is 0 Å². The van der Waals surface area contributed by atoms with E-state index in [-0.39, 0.29) is 5.92 Å². The lowest BCUT2D eigenvalue weighted by atomic mass is 9.82. The summed E-state index contributed by atoms with van der Waals surface area (Å²) in [6.07, 6.45) is 6.90. The third kappa shape index (κ3) is 4.07. The maximum atomic E-state index is 12.3. The van der Waals surface area contributed by atoms with Gasteiger partial charge >= 0.3 is 0 Å². The minimum Gasteiger partial charge on any atom is -0.378 e. The second kappa shape index (κ2) is 7.81. The second-order valence-corrected chi connectivity index (χ2v) is 6.13. The van der Waals surface area contributed by atoms with Gasteiger partial charge in [-0.3, -0.25) is 9.69 Å². The molecule has 0 spiro atoms. The van der Waals surface area contributed by atoms with Crippen LogP contribution in [0.3, 0.4) is 0 Å². The van der Waals surface area contributed by atoms with Crippen molar-refractivity contribution in [1.82, 2.24) is 4.90 Å². The summed E-state index contributed by atoms with van der Waals surface area (Å²) < 4.78 is 5.59. The number of piperidine rings is 1. The monoisotopic (exact) mass is 277 g/mol. The van der Waals surface area contributed by atoms with Gasteiger partial charge in [-0.15, -0.1) is 5.92 Å². The summed E-state index contributed by atoms with van der Waals surface area (Å²) in [7, 11) is 2.16. The molecule has 2 rings (SSSR count). The quantitative estimate of drug-likeness (QED) is 0.571. The van der Waals surface area contributed by atoms with Gasteiger partial charge in [-0.05, 0) is 26.3 Å². The molecule has 2 bridgehead atoms. The molecule has 2 unspecified atom stereocenters. The van der Waals surface area contributed by atoms with Crippen LogP contribution < -0.4 is 0 Å². The molecule has 0 N–H and O–H groups in total. The van der Waals surface area contributed by atoms with Crippen molar-refractivity contribution in [1.29, 1.82) is 0 Å². The highest BCUT2D eigenvalue weighted by Crippen LogP contribution is 2.31. The molecule has 2 heterocycles. The molecule has 2 atom stereocenters. The predicted molar refractivity (Wildman–Crippen MR) is 80.4 cm³/mol. The molecular formula is C17H27NO2. The first-order valence-electron chi connectivity index (χ1n) is 8.00. The van der Waals surface area contributed by atoms with Gasteiger partial charge < -0.3 is 4.74 Å². The first-order chi connectivity index (χ1) is 9.72. The number of morpholine rings is 1. The van der Waals surface area contributed by atoms with E-state index in [2.05, 4.69) is 30.7 Å². The summed E-state index contributed by atoms with van der Waals surface area (Å²) in [5.41, 5.74) is 0. The van der Waals surface area contributed by atoms with Crippen LogP contribution in [0.2, 0.25) is 0 Å². The summed E-state index contributed by atoms with van der Waals surface area (Å²) in [6, 6.07) is 0.850. The number of fused-ring (bicyclic) bond motifs is 2. The Kier molecular flexibility index (Phi) is 6.06. The summed E-state index contributed by atoms with van der Waals surface area (Å²) in [5, 5.41) is 0. The van der Waals surface area contributed by atoms with Gasteiger partial charge in [0.25, 0.3) is 0 Å². The van der Waals surface area contributed by atoms with Crippen LogP contribution in [-0.4, -0.2) is 43.0 Å². The number of likely N-dealkylation sites (N-methyl/N-ethyl adjacent to an activating group) is 1. The molecule has 112 valence electrons. The number of hydrogen-bond acceptors (Lipinski definition) is 3. The highest BCUT2D eigenvalue weighted by molar-refractivity contribution is 5.83. The van der Waals surface area contributed by atoms with Gasteiger partial charge in [-0.1, -0.05) is 25.7 Å². The van der Waals surface area contributed by atoms with Crippen molar-refractivity contribution in [2.45, 2.75) is 64.0 Å². The van der Waals surface area contributed by atoms with Crippen molar-refractivity contribution >= 4 is 5.78 Å². The molecule has 0 radical (unpaired) electrons. The number of hydrogen-bond donors (Lipinski definition) is 0. The fraction of sp³-hybridized carbons (Fsp3) is 0.824. The number of ether oxygens (including phenoxy) is 1. The first kappa shape index (κ1) is 15.5. The predicted octanol–water partition coefficient (Wildman–Crippen LogP) is 2.64. The maximum absolute atomic E-state index is 12.3. The lowest BCUT2D eigenvalue weighted by Crippen LogP contribution is -2.55. The van der Waals surface area contributed by atoms with Gasteiger partial charge in [-0.25, -0.2) is 0 Å². The van der Waals surface area contributed by atoms with E-state index in [0.29, 0.717) is 24.3 Å². The summed E-state index contributed by atoms with van der Waals surface area (Å²) in [5.74, 6) is 6.77. The molecule has 2 saturated heterocycles. The Balaban J connectivity index is 1.76. The molecule has 0 amide bonds. The zero-order valence-corrected chi connectivity index (χ0v) is 12.9. The summed E-state index contributed by atoms with van der Waals surface area (Å²) in [4.78, 5) is 14.7. The Morgan fingerprint density at radius 3 is 2.55 bits per heavy atom. The molecule has 0 aromatic carbocycles. The van der Waals surface area contributed by atoms with Gasteiger partial charge in [0.15, 0.2) is 0 Å². The van der Waals surface area contributed by atoms with E-state index in [4.69, 9.17) is 4.74 Å². The highest BCUT2D eigenvalue weighted by Gasteiger charge is 2.38. The molecule has 0 aromatic heterocycles. The Hall–Kier alpha value is -0.850. The van der Waals surface area contributed by atoms with Crippen LogP contribution in [0, 0.1) is 17.8 Å². The standard InChI is InChI=1S/C17H27NO2/c1-3-4-5-6-7-8-9-17(19)14-10-15-12-20-13-16(11-14)18(15)2/h14-16H,3-6,9-13H2,1-2H3. The average molecular weight is 277 g/mol. The molecule has 2 aliphatic rings. The number of carbonyl (C=O) groups is 1. The number of ketones is 1. The molecule has 20 heavy (non-hydrogen) atoms. The van der Waals surface area contributed by atoms with Crippen molar-refractivity contribution < 1.29 is 9.53 Å². The van der Waals surface area contributed by atoms with Gasteiger partial charge in [-0.2, -0.15) is 0 Å². The molecule has 2 aliphatic heterocycles. The van der Waals surface area contributed by atoms with Crippen LogP contribution in [0.1, 0.15) is 51.9 Å².